The van der Waals surface area contributed by atoms with Crippen LogP contribution in [-0.4, -0.2) is 20.6 Å². The van der Waals surface area contributed by atoms with E-state index in [1.165, 1.54) is 6.07 Å². The molecule has 7 nitrogen and oxygen atoms in total. The molecule has 0 atom stereocenters. The van der Waals surface area contributed by atoms with Crippen LogP contribution in [0.4, 0.5) is 15.8 Å². The molecule has 0 saturated carbocycles. The van der Waals surface area contributed by atoms with Crippen LogP contribution in [-0.2, 0) is 6.54 Å². The Hall–Kier alpha value is -4.33. The zero-order valence-corrected chi connectivity index (χ0v) is 16.2. The lowest BCUT2D eigenvalue weighted by Crippen LogP contribution is -2.14. The third-order valence-electron chi connectivity index (χ3n) is 4.75. The maximum Gasteiger partial charge on any atom is 0.272 e. The fourth-order valence-electron chi connectivity index (χ4n) is 3.21. The molecule has 31 heavy (non-hydrogen) atoms. The summed E-state index contributed by atoms with van der Waals surface area (Å²) in [5.41, 5.74) is 2.43. The highest BCUT2D eigenvalue weighted by Gasteiger charge is 2.16. The Balaban J connectivity index is 1.57. The van der Waals surface area contributed by atoms with Crippen molar-refractivity contribution in [2.75, 3.05) is 5.32 Å². The van der Waals surface area contributed by atoms with E-state index in [9.17, 15) is 19.3 Å². The van der Waals surface area contributed by atoms with Crippen LogP contribution in [0, 0.1) is 15.9 Å². The van der Waals surface area contributed by atoms with E-state index in [1.807, 2.05) is 53.3 Å². The second-order valence-electron chi connectivity index (χ2n) is 6.82. The van der Waals surface area contributed by atoms with Gasteiger partial charge in [0.2, 0.25) is 0 Å². The number of nitro groups is 1. The summed E-state index contributed by atoms with van der Waals surface area (Å²) in [7, 11) is 0. The average molecular weight is 416 g/mol. The van der Waals surface area contributed by atoms with Crippen LogP contribution in [0.5, 0.6) is 0 Å². The van der Waals surface area contributed by atoms with Gasteiger partial charge in [-0.1, -0.05) is 42.5 Å². The Bertz CT molecular complexity index is 1240. The van der Waals surface area contributed by atoms with E-state index in [4.69, 9.17) is 0 Å². The highest BCUT2D eigenvalue weighted by molar-refractivity contribution is 6.08. The number of carbonyl (C=O) groups excluding carboxylic acids is 1. The molecule has 1 amide bonds. The van der Waals surface area contributed by atoms with Gasteiger partial charge >= 0.3 is 0 Å². The standard InChI is InChI=1S/C23H17FN4O3/c24-21-14-18(28(30)31)10-11-22(21)26-23(29)20-5-2-1-4-19(20)17-8-6-16(7-9-17)15-27-13-3-12-25-27/h1-14H,15H2,(H,26,29). The van der Waals surface area contributed by atoms with Crippen molar-refractivity contribution >= 4 is 17.3 Å². The number of non-ortho nitro benzene ring substituents is 1. The van der Waals surface area contributed by atoms with Gasteiger partial charge in [-0.3, -0.25) is 19.6 Å². The molecule has 1 N–H and O–H groups in total. The summed E-state index contributed by atoms with van der Waals surface area (Å²) in [5, 5.41) is 17.5. The highest BCUT2D eigenvalue weighted by Crippen LogP contribution is 2.26. The Morgan fingerprint density at radius 1 is 1.06 bits per heavy atom. The van der Waals surface area contributed by atoms with Crippen LogP contribution in [0.15, 0.2) is 85.2 Å². The first kappa shape index (κ1) is 20.0. The molecule has 0 unspecified atom stereocenters. The van der Waals surface area contributed by atoms with Crippen LogP contribution in [0.1, 0.15) is 15.9 Å². The first-order valence-electron chi connectivity index (χ1n) is 9.42. The minimum atomic E-state index is -0.872. The summed E-state index contributed by atoms with van der Waals surface area (Å²) >= 11 is 0. The summed E-state index contributed by atoms with van der Waals surface area (Å²) < 4.78 is 16.0. The second kappa shape index (κ2) is 8.58. The van der Waals surface area contributed by atoms with Crippen molar-refractivity contribution in [3.63, 3.8) is 0 Å². The number of nitrogens with one attached hydrogen (secondary N) is 1. The molecule has 0 saturated heterocycles. The molecule has 0 aliphatic rings. The zero-order chi connectivity index (χ0) is 21.8. The monoisotopic (exact) mass is 416 g/mol. The SMILES string of the molecule is O=C(Nc1ccc([N+](=O)[O-])cc1F)c1ccccc1-c1ccc(Cn2cccn2)cc1. The first-order chi connectivity index (χ1) is 15.0. The number of carbonyl (C=O) groups is 1. The number of amides is 1. The van der Waals surface area contributed by atoms with Gasteiger partial charge in [0, 0.05) is 24.0 Å². The van der Waals surface area contributed by atoms with Crippen molar-refractivity contribution in [3.05, 3.63) is 112 Å². The van der Waals surface area contributed by atoms with Gasteiger partial charge in [0.15, 0.2) is 5.82 Å². The van der Waals surface area contributed by atoms with E-state index in [-0.39, 0.29) is 11.4 Å². The quantitative estimate of drug-likeness (QED) is 0.358. The van der Waals surface area contributed by atoms with E-state index < -0.39 is 16.6 Å². The maximum absolute atomic E-state index is 14.2. The predicted molar refractivity (Wildman–Crippen MR) is 114 cm³/mol. The highest BCUT2D eigenvalue weighted by atomic mass is 19.1. The van der Waals surface area contributed by atoms with Gasteiger partial charge in [0.05, 0.1) is 23.2 Å². The molecule has 4 aromatic rings. The molecule has 8 heteroatoms. The molecule has 0 fully saturated rings. The van der Waals surface area contributed by atoms with Crippen molar-refractivity contribution in [3.8, 4) is 11.1 Å². The Kier molecular flexibility index (Phi) is 5.53. The molecule has 0 radical (unpaired) electrons. The van der Waals surface area contributed by atoms with E-state index in [2.05, 4.69) is 10.4 Å². The second-order valence-corrected chi connectivity index (χ2v) is 6.82. The van der Waals surface area contributed by atoms with Gasteiger partial charge in [-0.15, -0.1) is 0 Å². The van der Waals surface area contributed by atoms with Crippen LogP contribution >= 0.6 is 0 Å². The van der Waals surface area contributed by atoms with Gasteiger partial charge in [-0.2, -0.15) is 5.10 Å². The van der Waals surface area contributed by atoms with Crippen molar-refractivity contribution in [2.24, 2.45) is 0 Å². The molecule has 0 aliphatic carbocycles. The molecular weight excluding hydrogens is 399 g/mol. The number of halogens is 1. The summed E-state index contributed by atoms with van der Waals surface area (Å²) in [4.78, 5) is 22.9. The number of rotatable bonds is 6. The number of hydrogen-bond donors (Lipinski definition) is 1. The van der Waals surface area contributed by atoms with Gasteiger partial charge < -0.3 is 5.32 Å². The van der Waals surface area contributed by atoms with E-state index in [1.54, 1.807) is 18.3 Å². The molecule has 1 heterocycles. The van der Waals surface area contributed by atoms with Crippen molar-refractivity contribution < 1.29 is 14.1 Å². The van der Waals surface area contributed by atoms with E-state index in [0.717, 1.165) is 23.3 Å². The summed E-state index contributed by atoms with van der Waals surface area (Å²) in [6, 6.07) is 19.7. The lowest BCUT2D eigenvalue weighted by Gasteiger charge is -2.12. The molecule has 0 spiro atoms. The number of hydrogen-bond acceptors (Lipinski definition) is 4. The number of anilines is 1. The average Bonchev–Trinajstić information content (AvgIpc) is 3.28. The summed E-state index contributed by atoms with van der Waals surface area (Å²) in [5.74, 6) is -1.38. The summed E-state index contributed by atoms with van der Waals surface area (Å²) in [6.07, 6.45) is 3.60. The first-order valence-corrected chi connectivity index (χ1v) is 9.42. The third-order valence-corrected chi connectivity index (χ3v) is 4.75. The zero-order valence-electron chi connectivity index (χ0n) is 16.2. The number of benzene rings is 3. The fourth-order valence-corrected chi connectivity index (χ4v) is 3.21. The molecular formula is C23H17FN4O3. The molecule has 0 bridgehead atoms. The Morgan fingerprint density at radius 3 is 2.52 bits per heavy atom. The molecule has 3 aromatic carbocycles. The lowest BCUT2D eigenvalue weighted by atomic mass is 9.98. The van der Waals surface area contributed by atoms with Crippen LogP contribution in [0.3, 0.4) is 0 Å². The van der Waals surface area contributed by atoms with Crippen molar-refractivity contribution in [1.82, 2.24) is 9.78 Å². The normalized spacial score (nSPS) is 10.6. The smallest absolute Gasteiger partial charge is 0.272 e. The fraction of sp³-hybridized carbons (Fsp3) is 0.0435. The molecule has 1 aromatic heterocycles. The van der Waals surface area contributed by atoms with Gasteiger partial charge in [-0.05, 0) is 34.9 Å². The molecule has 4 rings (SSSR count). The predicted octanol–water partition coefficient (Wildman–Crippen LogP) is 4.90. The third kappa shape index (κ3) is 4.48. The van der Waals surface area contributed by atoms with Crippen LogP contribution in [0.25, 0.3) is 11.1 Å². The van der Waals surface area contributed by atoms with Crippen LogP contribution < -0.4 is 5.32 Å². The van der Waals surface area contributed by atoms with Gasteiger partial charge in [0.25, 0.3) is 11.6 Å². The Labute approximate surface area is 176 Å². The largest absolute Gasteiger partial charge is 0.319 e. The summed E-state index contributed by atoms with van der Waals surface area (Å²) in [6.45, 7) is 0.634. The lowest BCUT2D eigenvalue weighted by molar-refractivity contribution is -0.385. The Morgan fingerprint density at radius 2 is 1.84 bits per heavy atom. The topological polar surface area (TPSA) is 90.1 Å². The van der Waals surface area contributed by atoms with Gasteiger partial charge in [0.1, 0.15) is 0 Å². The van der Waals surface area contributed by atoms with Gasteiger partial charge in [-0.25, -0.2) is 4.39 Å². The molecule has 0 aliphatic heterocycles. The minimum absolute atomic E-state index is 0.125. The maximum atomic E-state index is 14.2. The van der Waals surface area contributed by atoms with Crippen molar-refractivity contribution in [1.29, 1.82) is 0 Å². The molecule has 154 valence electrons. The van der Waals surface area contributed by atoms with Crippen molar-refractivity contribution in [2.45, 2.75) is 6.54 Å². The minimum Gasteiger partial charge on any atom is -0.319 e. The van der Waals surface area contributed by atoms with Crippen LogP contribution in [0.2, 0.25) is 0 Å². The van der Waals surface area contributed by atoms with E-state index in [0.29, 0.717) is 17.7 Å². The number of nitrogens with zero attached hydrogens (tertiary/aromatic N) is 3. The number of aromatic nitrogens is 2. The number of nitro benzene ring substituents is 1. The van der Waals surface area contributed by atoms with E-state index >= 15 is 0 Å².